The van der Waals surface area contributed by atoms with Crippen molar-refractivity contribution in [1.29, 1.82) is 0 Å². The lowest BCUT2D eigenvalue weighted by Gasteiger charge is -2.15. The predicted octanol–water partition coefficient (Wildman–Crippen LogP) is 2.08. The van der Waals surface area contributed by atoms with Gasteiger partial charge in [0.1, 0.15) is 0 Å². The van der Waals surface area contributed by atoms with Gasteiger partial charge >= 0.3 is 6.03 Å². The van der Waals surface area contributed by atoms with Crippen molar-refractivity contribution >= 4 is 33.6 Å². The molecule has 0 atom stereocenters. The maximum Gasteiger partial charge on any atom is 0.319 e. The molecule has 0 saturated carbocycles. The second kappa shape index (κ2) is 10.5. The van der Waals surface area contributed by atoms with Gasteiger partial charge in [-0.05, 0) is 69.2 Å². The van der Waals surface area contributed by atoms with Crippen molar-refractivity contribution in [2.45, 2.75) is 37.6 Å². The average molecular weight is 474 g/mol. The summed E-state index contributed by atoms with van der Waals surface area (Å²) < 4.78 is 26.6. The molecule has 33 heavy (non-hydrogen) atoms. The van der Waals surface area contributed by atoms with Crippen LogP contribution in [0.15, 0.2) is 53.4 Å². The number of hydrazine groups is 1. The second-order valence-electron chi connectivity index (χ2n) is 7.88. The van der Waals surface area contributed by atoms with E-state index in [1.54, 1.807) is 12.1 Å². The van der Waals surface area contributed by atoms with Gasteiger partial charge in [-0.1, -0.05) is 6.07 Å². The van der Waals surface area contributed by atoms with Crippen molar-refractivity contribution in [3.8, 4) is 0 Å². The smallest absolute Gasteiger partial charge is 0.319 e. The fourth-order valence-electron chi connectivity index (χ4n) is 3.28. The average Bonchev–Trinajstić information content (AvgIpc) is 3.33. The summed E-state index contributed by atoms with van der Waals surface area (Å²) in [7, 11) is -3.57. The van der Waals surface area contributed by atoms with Gasteiger partial charge in [-0.25, -0.2) is 13.2 Å². The molecule has 2 aromatic rings. The Balaban J connectivity index is 1.58. The summed E-state index contributed by atoms with van der Waals surface area (Å²) in [5.41, 5.74) is 5.44. The van der Waals surface area contributed by atoms with E-state index in [9.17, 15) is 22.8 Å². The van der Waals surface area contributed by atoms with Gasteiger partial charge in [0.25, 0.3) is 11.8 Å². The van der Waals surface area contributed by atoms with Crippen LogP contribution in [-0.4, -0.2) is 49.7 Å². The van der Waals surface area contributed by atoms with Crippen LogP contribution in [0.25, 0.3) is 0 Å². The maximum atomic E-state index is 12.6. The summed E-state index contributed by atoms with van der Waals surface area (Å²) in [5, 5.41) is 5.31. The zero-order chi connectivity index (χ0) is 24.0. The largest absolute Gasteiger partial charge is 0.336 e. The summed E-state index contributed by atoms with van der Waals surface area (Å²) in [4.78, 5) is 36.7. The summed E-state index contributed by atoms with van der Waals surface area (Å²) >= 11 is 0. The number of urea groups is 1. The molecule has 0 aliphatic carbocycles. The number of sulfonamides is 1. The van der Waals surface area contributed by atoms with E-state index in [2.05, 4.69) is 21.5 Å². The highest BCUT2D eigenvalue weighted by Gasteiger charge is 2.27. The van der Waals surface area contributed by atoms with Crippen molar-refractivity contribution in [2.75, 3.05) is 18.4 Å². The fourth-order valence-corrected chi connectivity index (χ4v) is 4.80. The van der Waals surface area contributed by atoms with Crippen molar-refractivity contribution < 1.29 is 22.8 Å². The van der Waals surface area contributed by atoms with Gasteiger partial charge in [-0.3, -0.25) is 20.4 Å². The quantitative estimate of drug-likeness (QED) is 0.476. The minimum atomic E-state index is -3.57. The topological polar surface area (TPSA) is 137 Å². The first-order chi connectivity index (χ1) is 15.7. The zero-order valence-corrected chi connectivity index (χ0v) is 19.2. The van der Waals surface area contributed by atoms with E-state index in [-0.39, 0.29) is 22.1 Å². The first kappa shape index (κ1) is 24.2. The molecule has 0 unspecified atom stereocenters. The second-order valence-corrected chi connectivity index (χ2v) is 9.82. The minimum Gasteiger partial charge on any atom is -0.336 e. The van der Waals surface area contributed by atoms with E-state index >= 15 is 0 Å². The highest BCUT2D eigenvalue weighted by Crippen LogP contribution is 2.21. The van der Waals surface area contributed by atoms with Crippen molar-refractivity contribution in [3.05, 3.63) is 59.7 Å². The Morgan fingerprint density at radius 2 is 1.48 bits per heavy atom. The normalized spacial score (nSPS) is 14.0. The number of carbonyl (C=O) groups excluding carboxylic acids is 3. The summed E-state index contributed by atoms with van der Waals surface area (Å²) in [6, 6.07) is 11.3. The molecule has 1 heterocycles. The third kappa shape index (κ3) is 6.30. The van der Waals surface area contributed by atoms with Crippen LogP contribution < -0.4 is 21.5 Å². The van der Waals surface area contributed by atoms with Crippen LogP contribution in [-0.2, 0) is 10.0 Å². The van der Waals surface area contributed by atoms with Crippen LogP contribution in [0.3, 0.4) is 0 Å². The molecule has 2 aromatic carbocycles. The number of amides is 4. The summed E-state index contributed by atoms with van der Waals surface area (Å²) in [5.74, 6) is -1.18. The van der Waals surface area contributed by atoms with Crippen LogP contribution in [0.1, 0.15) is 47.4 Å². The van der Waals surface area contributed by atoms with E-state index in [0.717, 1.165) is 12.8 Å². The van der Waals surface area contributed by atoms with E-state index in [1.165, 1.54) is 40.7 Å². The molecule has 0 bridgehead atoms. The Morgan fingerprint density at radius 1 is 0.879 bits per heavy atom. The molecule has 0 aromatic heterocycles. The third-order valence-electron chi connectivity index (χ3n) is 4.91. The lowest BCUT2D eigenvalue weighted by Crippen LogP contribution is -2.41. The Bertz CT molecular complexity index is 1130. The Kier molecular flexibility index (Phi) is 7.67. The Labute approximate surface area is 192 Å². The molecule has 3 rings (SSSR count). The lowest BCUT2D eigenvalue weighted by atomic mass is 10.2. The van der Waals surface area contributed by atoms with Crippen molar-refractivity contribution in [3.63, 3.8) is 0 Å². The predicted molar refractivity (Wildman–Crippen MR) is 123 cm³/mol. The van der Waals surface area contributed by atoms with Gasteiger partial charge in [-0.15, -0.1) is 0 Å². The first-order valence-electron chi connectivity index (χ1n) is 10.6. The van der Waals surface area contributed by atoms with Gasteiger partial charge in [0, 0.05) is 35.9 Å². The maximum absolute atomic E-state index is 12.6. The van der Waals surface area contributed by atoms with Crippen molar-refractivity contribution in [1.82, 2.24) is 20.5 Å². The standard InChI is InChI=1S/C22H27N5O5S/c1-15(2)23-22(30)24-18-7-5-6-17(14-18)21(29)26-25-20(28)16-8-10-19(11-9-16)33(31,32)27-12-3-4-13-27/h5-11,14-15H,3-4,12-13H2,1-2H3,(H,25,28)(H,26,29)(H2,23,24,30). The number of anilines is 1. The molecule has 4 N–H and O–H groups in total. The van der Waals surface area contributed by atoms with Crippen LogP contribution in [0.4, 0.5) is 10.5 Å². The zero-order valence-electron chi connectivity index (χ0n) is 18.4. The van der Waals surface area contributed by atoms with Gasteiger partial charge in [-0.2, -0.15) is 4.31 Å². The molecule has 1 aliphatic heterocycles. The number of benzene rings is 2. The molecule has 11 heteroatoms. The van der Waals surface area contributed by atoms with Crippen molar-refractivity contribution in [2.24, 2.45) is 0 Å². The molecular weight excluding hydrogens is 446 g/mol. The van der Waals surface area contributed by atoms with Crippen LogP contribution >= 0.6 is 0 Å². The van der Waals surface area contributed by atoms with Crippen LogP contribution in [0.5, 0.6) is 0 Å². The molecule has 1 aliphatic rings. The van der Waals surface area contributed by atoms with Crippen LogP contribution in [0, 0.1) is 0 Å². The Hall–Kier alpha value is -3.44. The third-order valence-corrected chi connectivity index (χ3v) is 6.82. The number of hydrogen-bond donors (Lipinski definition) is 4. The Morgan fingerprint density at radius 3 is 2.09 bits per heavy atom. The number of hydrogen-bond acceptors (Lipinski definition) is 5. The number of nitrogens with one attached hydrogen (secondary N) is 4. The minimum absolute atomic E-state index is 0.0407. The molecular formula is C22H27N5O5S. The summed E-state index contributed by atoms with van der Waals surface area (Å²) in [6.07, 6.45) is 1.67. The first-order valence-corrected chi connectivity index (χ1v) is 12.0. The monoisotopic (exact) mass is 473 g/mol. The molecule has 1 fully saturated rings. The number of carbonyl (C=O) groups is 3. The molecule has 0 radical (unpaired) electrons. The SMILES string of the molecule is CC(C)NC(=O)Nc1cccc(C(=O)NNC(=O)c2ccc(S(=O)(=O)N3CCCC3)cc2)c1. The molecule has 176 valence electrons. The highest BCUT2D eigenvalue weighted by atomic mass is 32.2. The molecule has 0 spiro atoms. The van der Waals surface area contributed by atoms with E-state index in [1.807, 2.05) is 13.8 Å². The fraction of sp³-hybridized carbons (Fsp3) is 0.318. The number of nitrogens with zero attached hydrogens (tertiary/aromatic N) is 1. The van der Waals surface area contributed by atoms with Gasteiger partial charge < -0.3 is 10.6 Å². The molecule has 4 amide bonds. The van der Waals surface area contributed by atoms with Gasteiger partial charge in [0.2, 0.25) is 10.0 Å². The lowest BCUT2D eigenvalue weighted by molar-refractivity contribution is 0.0846. The van der Waals surface area contributed by atoms with Gasteiger partial charge in [0.15, 0.2) is 0 Å². The van der Waals surface area contributed by atoms with E-state index < -0.39 is 27.9 Å². The van der Waals surface area contributed by atoms with E-state index in [4.69, 9.17) is 0 Å². The van der Waals surface area contributed by atoms with Gasteiger partial charge in [0.05, 0.1) is 4.90 Å². The summed E-state index contributed by atoms with van der Waals surface area (Å²) in [6.45, 7) is 4.64. The van der Waals surface area contributed by atoms with Crippen LogP contribution in [0.2, 0.25) is 0 Å². The number of rotatable bonds is 6. The molecule has 1 saturated heterocycles. The molecule has 10 nitrogen and oxygen atoms in total. The van der Waals surface area contributed by atoms with E-state index in [0.29, 0.717) is 18.8 Å². The highest BCUT2D eigenvalue weighted by molar-refractivity contribution is 7.89.